The molecular formula is C14H19N3O. The van der Waals surface area contributed by atoms with Gasteiger partial charge < -0.3 is 15.8 Å². The van der Waals surface area contributed by atoms with E-state index in [0.29, 0.717) is 5.82 Å². The molecule has 0 radical (unpaired) electrons. The molecule has 1 heterocycles. The van der Waals surface area contributed by atoms with Gasteiger partial charge in [-0.15, -0.1) is 0 Å². The number of aliphatic hydroxyl groups is 1. The first-order valence-corrected chi connectivity index (χ1v) is 6.04. The van der Waals surface area contributed by atoms with Crippen molar-refractivity contribution in [3.05, 3.63) is 40.8 Å². The van der Waals surface area contributed by atoms with E-state index in [2.05, 4.69) is 42.9 Å². The molecule has 0 fully saturated rings. The summed E-state index contributed by atoms with van der Waals surface area (Å²) in [5.41, 5.74) is 11.2. The van der Waals surface area contributed by atoms with Crippen molar-refractivity contribution in [3.63, 3.8) is 0 Å². The lowest BCUT2D eigenvalue weighted by molar-refractivity contribution is 0.177. The van der Waals surface area contributed by atoms with Gasteiger partial charge in [-0.05, 0) is 37.5 Å². The minimum Gasteiger partial charge on any atom is -0.384 e. The molecule has 2 aromatic rings. The lowest BCUT2D eigenvalue weighted by Gasteiger charge is -2.09. The fraction of sp³-hybridized carbons (Fsp3) is 0.357. The standard InChI is InChI=1S/C14H19N3O/c1-8-4-5-11(10(3)9(8)2)12-7-16-14(17-12)13(18)6-15/h4-5,7,13,18H,6,15H2,1-3H3,(H,16,17). The number of benzene rings is 1. The van der Waals surface area contributed by atoms with Crippen molar-refractivity contribution in [2.24, 2.45) is 5.73 Å². The summed E-state index contributed by atoms with van der Waals surface area (Å²) in [6.07, 6.45) is 1.01. The van der Waals surface area contributed by atoms with Gasteiger partial charge in [0.1, 0.15) is 11.9 Å². The molecule has 2 rings (SSSR count). The molecule has 96 valence electrons. The second-order valence-corrected chi connectivity index (χ2v) is 4.61. The van der Waals surface area contributed by atoms with Crippen molar-refractivity contribution in [1.82, 2.24) is 9.97 Å². The number of nitrogens with zero attached hydrogens (tertiary/aromatic N) is 1. The topological polar surface area (TPSA) is 74.9 Å². The number of aromatic amines is 1. The molecule has 0 aliphatic rings. The van der Waals surface area contributed by atoms with Crippen LogP contribution in [0.25, 0.3) is 11.3 Å². The van der Waals surface area contributed by atoms with E-state index in [-0.39, 0.29) is 6.54 Å². The molecule has 0 amide bonds. The van der Waals surface area contributed by atoms with Gasteiger partial charge in [-0.2, -0.15) is 0 Å². The number of H-pyrrole nitrogens is 1. The molecule has 0 saturated heterocycles. The normalized spacial score (nSPS) is 12.7. The monoisotopic (exact) mass is 245 g/mol. The van der Waals surface area contributed by atoms with Gasteiger partial charge in [-0.25, -0.2) is 4.98 Å². The Kier molecular flexibility index (Phi) is 3.50. The summed E-state index contributed by atoms with van der Waals surface area (Å²) in [4.78, 5) is 7.30. The molecule has 4 heteroatoms. The molecule has 0 aliphatic carbocycles. The largest absolute Gasteiger partial charge is 0.384 e. The summed E-state index contributed by atoms with van der Waals surface area (Å²) in [5, 5.41) is 9.64. The van der Waals surface area contributed by atoms with Crippen LogP contribution in [-0.2, 0) is 0 Å². The van der Waals surface area contributed by atoms with E-state index in [0.717, 1.165) is 11.3 Å². The highest BCUT2D eigenvalue weighted by atomic mass is 16.3. The minimum absolute atomic E-state index is 0.166. The number of nitrogens with two attached hydrogens (primary N) is 1. The number of aliphatic hydroxyl groups excluding tert-OH is 1. The number of aromatic nitrogens is 2. The van der Waals surface area contributed by atoms with Crippen molar-refractivity contribution in [1.29, 1.82) is 0 Å². The highest BCUT2D eigenvalue weighted by molar-refractivity contribution is 5.65. The van der Waals surface area contributed by atoms with E-state index < -0.39 is 6.10 Å². The van der Waals surface area contributed by atoms with Gasteiger partial charge >= 0.3 is 0 Å². The van der Waals surface area contributed by atoms with Crippen LogP contribution in [0, 0.1) is 20.8 Å². The molecule has 1 atom stereocenters. The fourth-order valence-corrected chi connectivity index (χ4v) is 2.00. The third-order valence-corrected chi connectivity index (χ3v) is 3.48. The van der Waals surface area contributed by atoms with Gasteiger partial charge in [-0.3, -0.25) is 0 Å². The maximum atomic E-state index is 9.64. The first kappa shape index (κ1) is 12.8. The Balaban J connectivity index is 2.43. The quantitative estimate of drug-likeness (QED) is 0.774. The van der Waals surface area contributed by atoms with Crippen molar-refractivity contribution in [2.45, 2.75) is 26.9 Å². The van der Waals surface area contributed by atoms with Crippen LogP contribution in [-0.4, -0.2) is 21.6 Å². The summed E-state index contributed by atoms with van der Waals surface area (Å²) < 4.78 is 0. The summed E-state index contributed by atoms with van der Waals surface area (Å²) in [6, 6.07) is 4.17. The van der Waals surface area contributed by atoms with E-state index in [9.17, 15) is 5.11 Å². The Hall–Kier alpha value is -1.65. The van der Waals surface area contributed by atoms with Crippen molar-refractivity contribution in [2.75, 3.05) is 6.54 Å². The Morgan fingerprint density at radius 1 is 1.28 bits per heavy atom. The van der Waals surface area contributed by atoms with Crippen molar-refractivity contribution < 1.29 is 5.11 Å². The van der Waals surface area contributed by atoms with Crippen LogP contribution in [0.2, 0.25) is 0 Å². The molecule has 0 aliphatic heterocycles. The van der Waals surface area contributed by atoms with Crippen LogP contribution >= 0.6 is 0 Å². The Bertz CT molecular complexity index is 560. The van der Waals surface area contributed by atoms with Gasteiger partial charge in [0.2, 0.25) is 0 Å². The number of hydrogen-bond acceptors (Lipinski definition) is 3. The van der Waals surface area contributed by atoms with Crippen LogP contribution in [0.4, 0.5) is 0 Å². The molecule has 1 unspecified atom stereocenters. The van der Waals surface area contributed by atoms with Gasteiger partial charge in [-0.1, -0.05) is 12.1 Å². The summed E-state index contributed by atoms with van der Waals surface area (Å²) in [6.45, 7) is 6.47. The summed E-state index contributed by atoms with van der Waals surface area (Å²) in [7, 11) is 0. The van der Waals surface area contributed by atoms with E-state index in [1.54, 1.807) is 6.20 Å². The maximum absolute atomic E-state index is 9.64. The predicted octanol–water partition coefficient (Wildman–Crippen LogP) is 1.99. The van der Waals surface area contributed by atoms with Crippen LogP contribution in [0.3, 0.4) is 0 Å². The zero-order valence-electron chi connectivity index (χ0n) is 11.0. The molecule has 18 heavy (non-hydrogen) atoms. The third kappa shape index (κ3) is 2.17. The molecule has 0 spiro atoms. The van der Waals surface area contributed by atoms with E-state index in [1.807, 2.05) is 0 Å². The predicted molar refractivity (Wildman–Crippen MR) is 72.2 cm³/mol. The highest BCUT2D eigenvalue weighted by Crippen LogP contribution is 2.26. The average Bonchev–Trinajstić information content (AvgIpc) is 2.84. The summed E-state index contributed by atoms with van der Waals surface area (Å²) >= 11 is 0. The van der Waals surface area contributed by atoms with Gasteiger partial charge in [0.05, 0.1) is 11.9 Å². The molecule has 0 bridgehead atoms. The summed E-state index contributed by atoms with van der Waals surface area (Å²) in [5.74, 6) is 0.519. The molecule has 4 nitrogen and oxygen atoms in total. The van der Waals surface area contributed by atoms with Crippen molar-refractivity contribution >= 4 is 0 Å². The minimum atomic E-state index is -0.731. The zero-order chi connectivity index (χ0) is 13.3. The van der Waals surface area contributed by atoms with E-state index >= 15 is 0 Å². The third-order valence-electron chi connectivity index (χ3n) is 3.48. The Labute approximate surface area is 107 Å². The number of nitrogens with one attached hydrogen (secondary N) is 1. The number of aryl methyl sites for hydroxylation is 1. The first-order chi connectivity index (χ1) is 8.54. The van der Waals surface area contributed by atoms with Crippen molar-refractivity contribution in [3.8, 4) is 11.3 Å². The molecule has 1 aromatic carbocycles. The van der Waals surface area contributed by atoms with Crippen LogP contribution in [0.15, 0.2) is 18.3 Å². The lowest BCUT2D eigenvalue weighted by Crippen LogP contribution is -2.12. The lowest BCUT2D eigenvalue weighted by atomic mass is 9.97. The van der Waals surface area contributed by atoms with E-state index in [4.69, 9.17) is 5.73 Å². The highest BCUT2D eigenvalue weighted by Gasteiger charge is 2.12. The smallest absolute Gasteiger partial charge is 0.136 e. The Morgan fingerprint density at radius 2 is 2.00 bits per heavy atom. The average molecular weight is 245 g/mol. The fourth-order valence-electron chi connectivity index (χ4n) is 2.00. The van der Waals surface area contributed by atoms with E-state index in [1.165, 1.54) is 16.7 Å². The molecule has 0 saturated carbocycles. The second kappa shape index (κ2) is 4.92. The SMILES string of the molecule is Cc1ccc(-c2cnc(C(O)CN)[nH]2)c(C)c1C. The van der Waals surface area contributed by atoms with Crippen LogP contribution in [0.1, 0.15) is 28.6 Å². The number of hydrogen-bond donors (Lipinski definition) is 3. The number of imidazole rings is 1. The second-order valence-electron chi connectivity index (χ2n) is 4.61. The van der Waals surface area contributed by atoms with Crippen LogP contribution < -0.4 is 5.73 Å². The Morgan fingerprint density at radius 3 is 2.67 bits per heavy atom. The first-order valence-electron chi connectivity index (χ1n) is 6.04. The molecule has 4 N–H and O–H groups in total. The maximum Gasteiger partial charge on any atom is 0.136 e. The molecule has 1 aromatic heterocycles. The van der Waals surface area contributed by atoms with Gasteiger partial charge in [0.15, 0.2) is 0 Å². The van der Waals surface area contributed by atoms with Gasteiger partial charge in [0.25, 0.3) is 0 Å². The van der Waals surface area contributed by atoms with Gasteiger partial charge in [0, 0.05) is 12.1 Å². The zero-order valence-corrected chi connectivity index (χ0v) is 11.0. The molecular weight excluding hydrogens is 226 g/mol. The number of rotatable bonds is 3. The van der Waals surface area contributed by atoms with Crippen LogP contribution in [0.5, 0.6) is 0 Å².